The summed E-state index contributed by atoms with van der Waals surface area (Å²) >= 11 is 0. The fourth-order valence-electron chi connectivity index (χ4n) is 2.73. The molecule has 0 aliphatic carbocycles. The number of amides is 2. The van der Waals surface area contributed by atoms with Crippen LogP contribution in [0.1, 0.15) is 27.6 Å². The number of esters is 1. The fraction of sp³-hybridized carbons (Fsp3) is 0.286. The van der Waals surface area contributed by atoms with Gasteiger partial charge in [0.25, 0.3) is 5.91 Å². The van der Waals surface area contributed by atoms with Gasteiger partial charge in [0, 0.05) is 19.7 Å². The van der Waals surface area contributed by atoms with Gasteiger partial charge in [0.2, 0.25) is 15.9 Å². The summed E-state index contributed by atoms with van der Waals surface area (Å²) in [5, 5.41) is 2.56. The molecule has 2 aromatic rings. The van der Waals surface area contributed by atoms with Crippen molar-refractivity contribution in [2.75, 3.05) is 43.1 Å². The molecule has 0 aromatic heterocycles. The molecule has 9 nitrogen and oxygen atoms in total. The summed E-state index contributed by atoms with van der Waals surface area (Å²) in [4.78, 5) is 38.1. The number of ether oxygens (including phenoxy) is 1. The van der Waals surface area contributed by atoms with Gasteiger partial charge in [-0.15, -0.1) is 0 Å². The molecule has 0 aliphatic heterocycles. The Hall–Kier alpha value is -3.40. The molecule has 0 heterocycles. The quantitative estimate of drug-likeness (QED) is 0.619. The minimum Gasteiger partial charge on any atom is -0.462 e. The molecule has 0 unspecified atom stereocenters. The van der Waals surface area contributed by atoms with Crippen molar-refractivity contribution < 1.29 is 27.5 Å². The average molecular weight is 448 g/mol. The monoisotopic (exact) mass is 447 g/mol. The first-order valence-corrected chi connectivity index (χ1v) is 11.2. The van der Waals surface area contributed by atoms with Crippen molar-refractivity contribution in [1.29, 1.82) is 0 Å². The van der Waals surface area contributed by atoms with E-state index in [0.29, 0.717) is 5.56 Å². The first-order valence-electron chi connectivity index (χ1n) is 9.40. The van der Waals surface area contributed by atoms with Crippen LogP contribution in [0.15, 0.2) is 48.5 Å². The third kappa shape index (κ3) is 6.29. The molecule has 10 heteroatoms. The minimum atomic E-state index is -3.80. The van der Waals surface area contributed by atoms with E-state index < -0.39 is 28.4 Å². The van der Waals surface area contributed by atoms with E-state index in [1.54, 1.807) is 33.2 Å². The lowest BCUT2D eigenvalue weighted by Crippen LogP contribution is -2.37. The Morgan fingerprint density at radius 1 is 1.00 bits per heavy atom. The van der Waals surface area contributed by atoms with E-state index in [0.717, 1.165) is 10.6 Å². The van der Waals surface area contributed by atoms with Gasteiger partial charge in [-0.05, 0) is 43.3 Å². The number of hydrogen-bond acceptors (Lipinski definition) is 6. The van der Waals surface area contributed by atoms with Gasteiger partial charge in [0.15, 0.2) is 0 Å². The van der Waals surface area contributed by atoms with Gasteiger partial charge in [-0.1, -0.05) is 12.1 Å². The number of hydrogen-bond donors (Lipinski definition) is 1. The van der Waals surface area contributed by atoms with E-state index in [-0.39, 0.29) is 29.5 Å². The summed E-state index contributed by atoms with van der Waals surface area (Å²) in [6.07, 6.45) is 0.978. The van der Waals surface area contributed by atoms with Crippen LogP contribution < -0.4 is 9.62 Å². The summed E-state index contributed by atoms with van der Waals surface area (Å²) in [6.45, 7) is 1.33. The number of nitrogens with zero attached hydrogens (tertiary/aromatic N) is 2. The maximum absolute atomic E-state index is 12.6. The molecule has 0 atom stereocenters. The minimum absolute atomic E-state index is 0.162. The van der Waals surface area contributed by atoms with Crippen LogP contribution in [0.25, 0.3) is 0 Å². The second kappa shape index (κ2) is 10.1. The van der Waals surface area contributed by atoms with Crippen molar-refractivity contribution in [3.63, 3.8) is 0 Å². The summed E-state index contributed by atoms with van der Waals surface area (Å²) in [5.74, 6) is -1.47. The maximum Gasteiger partial charge on any atom is 0.340 e. The highest BCUT2D eigenvalue weighted by atomic mass is 32.2. The standard InChI is InChI=1S/C21H25N3O6S/c1-5-30-21(27)17-8-6-7-9-18(17)22-19(25)14-24(31(4,28)29)16-12-10-15(11-13-16)20(26)23(2)3/h6-13H,5,14H2,1-4H3,(H,22,25). The molecular weight excluding hydrogens is 422 g/mol. The smallest absolute Gasteiger partial charge is 0.340 e. The summed E-state index contributed by atoms with van der Waals surface area (Å²) in [7, 11) is -0.587. The van der Waals surface area contributed by atoms with Crippen LogP contribution in [0.4, 0.5) is 11.4 Å². The van der Waals surface area contributed by atoms with Crippen molar-refractivity contribution in [2.45, 2.75) is 6.92 Å². The average Bonchev–Trinajstić information content (AvgIpc) is 2.71. The van der Waals surface area contributed by atoms with Crippen molar-refractivity contribution in [2.24, 2.45) is 0 Å². The summed E-state index contributed by atoms with van der Waals surface area (Å²) in [6, 6.07) is 12.2. The zero-order valence-corrected chi connectivity index (χ0v) is 18.6. The molecule has 0 fully saturated rings. The van der Waals surface area contributed by atoms with Gasteiger partial charge in [0.1, 0.15) is 6.54 Å². The van der Waals surface area contributed by atoms with E-state index in [2.05, 4.69) is 5.32 Å². The maximum atomic E-state index is 12.6. The lowest BCUT2D eigenvalue weighted by Gasteiger charge is -2.22. The number of benzene rings is 2. The molecule has 1 N–H and O–H groups in total. The third-order valence-corrected chi connectivity index (χ3v) is 5.33. The largest absolute Gasteiger partial charge is 0.462 e. The van der Waals surface area contributed by atoms with Crippen molar-refractivity contribution in [3.8, 4) is 0 Å². The molecule has 2 rings (SSSR count). The highest BCUT2D eigenvalue weighted by Gasteiger charge is 2.22. The Labute approximate surface area is 181 Å². The second-order valence-electron chi connectivity index (χ2n) is 6.83. The predicted molar refractivity (Wildman–Crippen MR) is 118 cm³/mol. The Balaban J connectivity index is 2.24. The highest BCUT2D eigenvalue weighted by molar-refractivity contribution is 7.92. The topological polar surface area (TPSA) is 113 Å². The SMILES string of the molecule is CCOC(=O)c1ccccc1NC(=O)CN(c1ccc(C(=O)N(C)C)cc1)S(C)(=O)=O. The molecule has 0 bridgehead atoms. The molecule has 0 aliphatic rings. The van der Waals surface area contributed by atoms with Gasteiger partial charge in [-0.3, -0.25) is 13.9 Å². The number of anilines is 2. The Bertz CT molecular complexity index is 1060. The van der Waals surface area contributed by atoms with E-state index in [4.69, 9.17) is 4.74 Å². The number of para-hydroxylation sites is 1. The Kier molecular flexibility index (Phi) is 7.76. The molecule has 31 heavy (non-hydrogen) atoms. The van der Waals surface area contributed by atoms with Gasteiger partial charge >= 0.3 is 5.97 Å². The highest BCUT2D eigenvalue weighted by Crippen LogP contribution is 2.20. The first kappa shape index (κ1) is 23.9. The molecule has 0 saturated carbocycles. The Morgan fingerprint density at radius 2 is 1.61 bits per heavy atom. The lowest BCUT2D eigenvalue weighted by molar-refractivity contribution is -0.114. The predicted octanol–water partition coefficient (Wildman–Crippen LogP) is 1.97. The summed E-state index contributed by atoms with van der Waals surface area (Å²) < 4.78 is 30.5. The fourth-order valence-corrected chi connectivity index (χ4v) is 3.58. The normalized spacial score (nSPS) is 10.8. The number of rotatable bonds is 8. The third-order valence-electron chi connectivity index (χ3n) is 4.19. The Morgan fingerprint density at radius 3 is 2.16 bits per heavy atom. The van der Waals surface area contributed by atoms with Gasteiger partial charge in [-0.2, -0.15) is 0 Å². The molecule has 0 saturated heterocycles. The first-order chi connectivity index (χ1) is 14.5. The van der Waals surface area contributed by atoms with Crippen LogP contribution >= 0.6 is 0 Å². The molecule has 0 radical (unpaired) electrons. The van der Waals surface area contributed by atoms with Crippen LogP contribution in [-0.4, -0.2) is 64.6 Å². The number of carbonyl (C=O) groups excluding carboxylic acids is 3. The van der Waals surface area contributed by atoms with Crippen LogP contribution in [0, 0.1) is 0 Å². The van der Waals surface area contributed by atoms with E-state index in [9.17, 15) is 22.8 Å². The molecule has 2 amide bonds. The van der Waals surface area contributed by atoms with Crippen molar-refractivity contribution in [3.05, 3.63) is 59.7 Å². The number of sulfonamides is 1. The second-order valence-corrected chi connectivity index (χ2v) is 8.74. The van der Waals surface area contributed by atoms with E-state index in [1.807, 2.05) is 0 Å². The molecule has 2 aromatic carbocycles. The number of nitrogens with one attached hydrogen (secondary N) is 1. The van der Waals surface area contributed by atoms with Crippen LogP contribution in [0.5, 0.6) is 0 Å². The molecule has 166 valence electrons. The van der Waals surface area contributed by atoms with E-state index >= 15 is 0 Å². The van der Waals surface area contributed by atoms with Crippen LogP contribution in [0.2, 0.25) is 0 Å². The van der Waals surface area contributed by atoms with Gasteiger partial charge in [-0.25, -0.2) is 13.2 Å². The number of carbonyl (C=O) groups is 3. The van der Waals surface area contributed by atoms with Crippen molar-refractivity contribution in [1.82, 2.24) is 4.90 Å². The lowest BCUT2D eigenvalue weighted by atomic mass is 10.1. The molecular formula is C21H25N3O6S. The van der Waals surface area contributed by atoms with Gasteiger partial charge in [0.05, 0.1) is 29.8 Å². The summed E-state index contributed by atoms with van der Waals surface area (Å²) in [5.41, 5.74) is 0.989. The zero-order chi connectivity index (χ0) is 23.2. The van der Waals surface area contributed by atoms with E-state index in [1.165, 1.54) is 41.3 Å². The van der Waals surface area contributed by atoms with Crippen molar-refractivity contribution >= 4 is 39.2 Å². The van der Waals surface area contributed by atoms with Crippen LogP contribution in [-0.2, 0) is 19.6 Å². The van der Waals surface area contributed by atoms with Crippen LogP contribution in [0.3, 0.4) is 0 Å². The zero-order valence-electron chi connectivity index (χ0n) is 17.8. The van der Waals surface area contributed by atoms with Gasteiger partial charge < -0.3 is 15.0 Å². The molecule has 0 spiro atoms.